The maximum atomic E-state index is 12.3. The molecule has 1 heterocycles. The van der Waals surface area contributed by atoms with Crippen LogP contribution in [0.5, 0.6) is 11.5 Å². The van der Waals surface area contributed by atoms with Crippen LogP contribution in [-0.4, -0.2) is 82.7 Å². The summed E-state index contributed by atoms with van der Waals surface area (Å²) in [7, 11) is 8.70. The Bertz CT molecular complexity index is 699. The fourth-order valence-corrected chi connectivity index (χ4v) is 3.56. The molecule has 1 aromatic rings. The Morgan fingerprint density at radius 3 is 2.67 bits per heavy atom. The van der Waals surface area contributed by atoms with Gasteiger partial charge in [-0.1, -0.05) is 0 Å². The van der Waals surface area contributed by atoms with Crippen molar-refractivity contribution in [3.63, 3.8) is 0 Å². The monoisotopic (exact) mass is 533 g/mol. The zero-order chi connectivity index (χ0) is 21.2. The molecule has 30 heavy (non-hydrogen) atoms. The van der Waals surface area contributed by atoms with Gasteiger partial charge in [0.2, 0.25) is 5.91 Å². The van der Waals surface area contributed by atoms with Crippen LogP contribution in [0, 0.1) is 0 Å². The first-order valence-corrected chi connectivity index (χ1v) is 10.1. The summed E-state index contributed by atoms with van der Waals surface area (Å²) in [6.45, 7) is 3.28. The Balaban J connectivity index is 0.00000450. The highest BCUT2D eigenvalue weighted by atomic mass is 127. The fraction of sp³-hybridized carbons (Fsp3) is 0.619. The van der Waals surface area contributed by atoms with E-state index >= 15 is 0 Å². The van der Waals surface area contributed by atoms with Crippen LogP contribution in [-0.2, 0) is 11.3 Å². The van der Waals surface area contributed by atoms with E-state index in [9.17, 15) is 4.79 Å². The SMILES string of the molecule is CN=C(NCCCN1CCCC1C(=O)N(C)C)NCc1ccc(OC)cc1OC.I. The molecule has 1 amide bonds. The third kappa shape index (κ3) is 7.50. The van der Waals surface area contributed by atoms with Gasteiger partial charge >= 0.3 is 0 Å². The molecule has 0 aromatic heterocycles. The van der Waals surface area contributed by atoms with Gasteiger partial charge in [0.1, 0.15) is 11.5 Å². The normalized spacial score (nSPS) is 16.6. The minimum atomic E-state index is 0. The van der Waals surface area contributed by atoms with E-state index in [1.54, 1.807) is 26.2 Å². The molecule has 0 bridgehead atoms. The van der Waals surface area contributed by atoms with Crippen LogP contribution in [0.1, 0.15) is 24.8 Å². The van der Waals surface area contributed by atoms with Gasteiger partial charge in [0.25, 0.3) is 0 Å². The number of guanidine groups is 1. The van der Waals surface area contributed by atoms with Gasteiger partial charge in [-0.2, -0.15) is 0 Å². The number of likely N-dealkylation sites (N-methyl/N-ethyl adjacent to an activating group) is 1. The fourth-order valence-electron chi connectivity index (χ4n) is 3.56. The molecule has 1 saturated heterocycles. The van der Waals surface area contributed by atoms with Gasteiger partial charge in [0.15, 0.2) is 5.96 Å². The van der Waals surface area contributed by atoms with Gasteiger partial charge in [-0.05, 0) is 37.9 Å². The largest absolute Gasteiger partial charge is 0.497 e. The molecule has 1 aliphatic heterocycles. The summed E-state index contributed by atoms with van der Waals surface area (Å²) in [5.41, 5.74) is 1.03. The number of hydrogen-bond donors (Lipinski definition) is 2. The molecule has 1 aromatic carbocycles. The van der Waals surface area contributed by atoms with Crippen molar-refractivity contribution in [2.75, 3.05) is 55.0 Å². The maximum Gasteiger partial charge on any atom is 0.239 e. The summed E-state index contributed by atoms with van der Waals surface area (Å²) in [6, 6.07) is 5.80. The van der Waals surface area contributed by atoms with Crippen molar-refractivity contribution in [3.05, 3.63) is 23.8 Å². The predicted octanol–water partition coefficient (Wildman–Crippen LogP) is 1.93. The lowest BCUT2D eigenvalue weighted by molar-refractivity contribution is -0.133. The van der Waals surface area contributed by atoms with E-state index in [-0.39, 0.29) is 35.9 Å². The molecule has 0 aliphatic carbocycles. The molecule has 8 nitrogen and oxygen atoms in total. The molecule has 1 atom stereocenters. The molecule has 2 rings (SSSR count). The molecule has 0 saturated carbocycles. The van der Waals surface area contributed by atoms with E-state index in [1.165, 1.54) is 0 Å². The van der Waals surface area contributed by atoms with Crippen LogP contribution in [0.25, 0.3) is 0 Å². The Kier molecular flexibility index (Phi) is 11.9. The number of hydrogen-bond acceptors (Lipinski definition) is 5. The minimum Gasteiger partial charge on any atom is -0.497 e. The van der Waals surface area contributed by atoms with Crippen LogP contribution in [0.2, 0.25) is 0 Å². The molecule has 0 spiro atoms. The van der Waals surface area contributed by atoms with E-state index < -0.39 is 0 Å². The zero-order valence-electron chi connectivity index (χ0n) is 18.7. The molecule has 9 heteroatoms. The highest BCUT2D eigenvalue weighted by molar-refractivity contribution is 14.0. The van der Waals surface area contributed by atoms with Crippen LogP contribution in [0.4, 0.5) is 0 Å². The lowest BCUT2D eigenvalue weighted by Gasteiger charge is -2.26. The summed E-state index contributed by atoms with van der Waals surface area (Å²) in [6.07, 6.45) is 2.99. The van der Waals surface area contributed by atoms with Gasteiger partial charge in [0.05, 0.1) is 20.3 Å². The van der Waals surface area contributed by atoms with Crippen LogP contribution >= 0.6 is 24.0 Å². The smallest absolute Gasteiger partial charge is 0.239 e. The summed E-state index contributed by atoms with van der Waals surface area (Å²) in [5, 5.41) is 6.65. The number of carbonyl (C=O) groups excluding carboxylic acids is 1. The average Bonchev–Trinajstić information content (AvgIpc) is 3.20. The first kappa shape index (κ1) is 26.3. The van der Waals surface area contributed by atoms with Crippen LogP contribution < -0.4 is 20.1 Å². The van der Waals surface area contributed by atoms with Crippen molar-refractivity contribution < 1.29 is 14.3 Å². The Morgan fingerprint density at radius 1 is 1.27 bits per heavy atom. The lowest BCUT2D eigenvalue weighted by Crippen LogP contribution is -2.44. The Hall–Kier alpha value is -1.75. The van der Waals surface area contributed by atoms with Gasteiger partial charge in [-0.3, -0.25) is 14.7 Å². The van der Waals surface area contributed by atoms with E-state index in [1.807, 2.05) is 32.3 Å². The molecule has 1 aliphatic rings. The Morgan fingerprint density at radius 2 is 2.03 bits per heavy atom. The number of ether oxygens (including phenoxy) is 2. The number of amides is 1. The van der Waals surface area contributed by atoms with Gasteiger partial charge < -0.3 is 25.0 Å². The summed E-state index contributed by atoms with van der Waals surface area (Å²) in [5.74, 6) is 2.49. The third-order valence-electron chi connectivity index (χ3n) is 5.17. The number of carbonyl (C=O) groups is 1. The van der Waals surface area contributed by atoms with Crippen LogP contribution in [0.15, 0.2) is 23.2 Å². The number of rotatable bonds is 9. The second-order valence-corrected chi connectivity index (χ2v) is 7.31. The van der Waals surface area contributed by atoms with E-state index in [0.717, 1.165) is 61.9 Å². The number of halogens is 1. The van der Waals surface area contributed by atoms with Crippen molar-refractivity contribution in [1.82, 2.24) is 20.4 Å². The second-order valence-electron chi connectivity index (χ2n) is 7.31. The van der Waals surface area contributed by atoms with Gasteiger partial charge in [-0.25, -0.2) is 0 Å². The summed E-state index contributed by atoms with van der Waals surface area (Å²) < 4.78 is 10.7. The summed E-state index contributed by atoms with van der Waals surface area (Å²) in [4.78, 5) is 20.5. The maximum absolute atomic E-state index is 12.3. The van der Waals surface area contributed by atoms with Crippen molar-refractivity contribution in [2.24, 2.45) is 4.99 Å². The quantitative estimate of drug-likeness (QED) is 0.219. The van der Waals surface area contributed by atoms with Gasteiger partial charge in [-0.15, -0.1) is 24.0 Å². The molecule has 0 radical (unpaired) electrons. The van der Waals surface area contributed by atoms with Gasteiger partial charge in [0, 0.05) is 52.4 Å². The first-order chi connectivity index (χ1) is 14.0. The van der Waals surface area contributed by atoms with Crippen molar-refractivity contribution in [2.45, 2.75) is 31.8 Å². The lowest BCUT2D eigenvalue weighted by atomic mass is 10.2. The van der Waals surface area contributed by atoms with Crippen molar-refractivity contribution in [3.8, 4) is 11.5 Å². The molecule has 1 fully saturated rings. The standard InChI is InChI=1S/C21H35N5O3.HI/c1-22-21(24-15-16-9-10-17(28-4)14-19(16)29-5)23-11-7-13-26-12-6-8-18(26)20(27)25(2)3;/h9-10,14,18H,6-8,11-13,15H2,1-5H3,(H2,22,23,24);1H. The summed E-state index contributed by atoms with van der Waals surface area (Å²) >= 11 is 0. The second kappa shape index (κ2) is 13.5. The van der Waals surface area contributed by atoms with E-state index in [0.29, 0.717) is 6.54 Å². The van der Waals surface area contributed by atoms with E-state index in [2.05, 4.69) is 20.5 Å². The number of aliphatic imine (C=N–C) groups is 1. The van der Waals surface area contributed by atoms with Crippen LogP contribution in [0.3, 0.4) is 0 Å². The number of likely N-dealkylation sites (tertiary alicyclic amines) is 1. The highest BCUT2D eigenvalue weighted by Crippen LogP contribution is 2.24. The first-order valence-electron chi connectivity index (χ1n) is 10.1. The zero-order valence-corrected chi connectivity index (χ0v) is 21.1. The number of nitrogens with zero attached hydrogens (tertiary/aromatic N) is 3. The number of nitrogens with one attached hydrogen (secondary N) is 2. The molecule has 2 N–H and O–H groups in total. The molecule has 1 unspecified atom stereocenters. The Labute approximate surface area is 197 Å². The molecular weight excluding hydrogens is 497 g/mol. The third-order valence-corrected chi connectivity index (χ3v) is 5.17. The van der Waals surface area contributed by atoms with Crippen molar-refractivity contribution in [1.29, 1.82) is 0 Å². The molecule has 170 valence electrons. The topological polar surface area (TPSA) is 78.4 Å². The average molecular weight is 533 g/mol. The highest BCUT2D eigenvalue weighted by Gasteiger charge is 2.30. The number of methoxy groups -OCH3 is 2. The number of benzene rings is 1. The predicted molar refractivity (Wildman–Crippen MR) is 131 cm³/mol. The van der Waals surface area contributed by atoms with Crippen molar-refractivity contribution >= 4 is 35.8 Å². The van der Waals surface area contributed by atoms with E-state index in [4.69, 9.17) is 9.47 Å². The minimum absolute atomic E-state index is 0. The molecular formula is C21H36IN5O3.